The van der Waals surface area contributed by atoms with Gasteiger partial charge in [-0.3, -0.25) is 4.79 Å². The predicted octanol–water partition coefficient (Wildman–Crippen LogP) is 5.28. The van der Waals surface area contributed by atoms with Crippen molar-refractivity contribution in [3.05, 3.63) is 100 Å². The summed E-state index contributed by atoms with van der Waals surface area (Å²) in [5.41, 5.74) is 1.81. The smallest absolute Gasteiger partial charge is 0.378 e. The van der Waals surface area contributed by atoms with Crippen molar-refractivity contribution >= 4 is 35.0 Å². The number of ketones is 1. The van der Waals surface area contributed by atoms with Crippen LogP contribution in [0.4, 0.5) is 0 Å². The molecule has 0 atom stereocenters. The molecule has 0 bridgehead atoms. The molecular weight excluding hydrogens is 437 g/mol. The largest absolute Gasteiger partial charge is 0.451 e. The summed E-state index contributed by atoms with van der Waals surface area (Å²) >= 11 is 12.0. The molecule has 1 heterocycles. The average Bonchev–Trinajstić information content (AvgIpc) is 3.24. The zero-order chi connectivity index (χ0) is 21.8. The van der Waals surface area contributed by atoms with Crippen molar-refractivity contribution in [3.63, 3.8) is 0 Å². The summed E-state index contributed by atoms with van der Waals surface area (Å²) in [5.74, 6) is -0.864. The number of hydrogen-bond acceptors (Lipinski definition) is 5. The van der Waals surface area contributed by atoms with Gasteiger partial charge in [0.1, 0.15) is 0 Å². The fraction of sp³-hybridized carbons (Fsp3) is 0.0435. The molecule has 0 amide bonds. The van der Waals surface area contributed by atoms with Crippen LogP contribution in [0.25, 0.3) is 17.1 Å². The highest BCUT2D eigenvalue weighted by atomic mass is 35.5. The number of benzene rings is 3. The van der Waals surface area contributed by atoms with E-state index in [1.54, 1.807) is 78.9 Å². The Balaban J connectivity index is 1.62. The van der Waals surface area contributed by atoms with Gasteiger partial charge in [0.2, 0.25) is 0 Å². The molecule has 1 aromatic heterocycles. The molecule has 0 aliphatic rings. The van der Waals surface area contributed by atoms with Gasteiger partial charge < -0.3 is 4.74 Å². The third-order valence-corrected chi connectivity index (χ3v) is 4.90. The van der Waals surface area contributed by atoms with Gasteiger partial charge >= 0.3 is 5.97 Å². The Labute approximate surface area is 188 Å². The van der Waals surface area contributed by atoms with Crippen molar-refractivity contribution in [2.75, 3.05) is 6.61 Å². The van der Waals surface area contributed by atoms with Gasteiger partial charge in [0, 0.05) is 21.2 Å². The van der Waals surface area contributed by atoms with Gasteiger partial charge in [0.25, 0.3) is 5.82 Å². The first-order valence-electron chi connectivity index (χ1n) is 9.25. The minimum Gasteiger partial charge on any atom is -0.451 e. The van der Waals surface area contributed by atoms with E-state index < -0.39 is 12.6 Å². The van der Waals surface area contributed by atoms with Gasteiger partial charge in [-0.05, 0) is 48.5 Å². The predicted molar refractivity (Wildman–Crippen MR) is 118 cm³/mol. The standard InChI is InChI=1S/C23H15Cl2N3O3/c24-17-8-6-16(7-9-17)22-26-21(27-28(22)19-12-10-18(25)11-13-19)23(30)31-14-20(29)15-4-2-1-3-5-15/h1-13H,14H2. The van der Waals surface area contributed by atoms with Crippen LogP contribution < -0.4 is 0 Å². The lowest BCUT2D eigenvalue weighted by Crippen LogP contribution is -2.15. The Morgan fingerprint density at radius 1 is 0.839 bits per heavy atom. The molecule has 0 saturated heterocycles. The fourth-order valence-corrected chi connectivity index (χ4v) is 3.10. The van der Waals surface area contributed by atoms with Gasteiger partial charge in [0.05, 0.1) is 5.69 Å². The number of hydrogen-bond donors (Lipinski definition) is 0. The Morgan fingerprint density at radius 2 is 1.45 bits per heavy atom. The fourth-order valence-electron chi connectivity index (χ4n) is 2.85. The van der Waals surface area contributed by atoms with Crippen molar-refractivity contribution in [1.29, 1.82) is 0 Å². The van der Waals surface area contributed by atoms with Crippen molar-refractivity contribution in [2.45, 2.75) is 0 Å². The quantitative estimate of drug-likeness (QED) is 0.294. The SMILES string of the molecule is O=C(COC(=O)c1nc(-c2ccc(Cl)cc2)n(-c2ccc(Cl)cc2)n1)c1ccccc1. The second-order valence-corrected chi connectivity index (χ2v) is 7.39. The summed E-state index contributed by atoms with van der Waals surface area (Å²) in [6.07, 6.45) is 0. The molecule has 0 saturated carbocycles. The van der Waals surface area contributed by atoms with Crippen LogP contribution in [-0.2, 0) is 4.74 Å². The lowest BCUT2D eigenvalue weighted by molar-refractivity contribution is 0.0462. The van der Waals surface area contributed by atoms with Gasteiger partial charge in [-0.2, -0.15) is 0 Å². The molecular formula is C23H15Cl2N3O3. The topological polar surface area (TPSA) is 74.1 Å². The molecule has 0 radical (unpaired) electrons. The number of rotatable bonds is 6. The third-order valence-electron chi connectivity index (χ3n) is 4.39. The summed E-state index contributed by atoms with van der Waals surface area (Å²) in [7, 11) is 0. The van der Waals surface area contributed by atoms with Crippen LogP contribution in [-0.4, -0.2) is 33.1 Å². The molecule has 8 heteroatoms. The maximum Gasteiger partial charge on any atom is 0.378 e. The number of carbonyl (C=O) groups is 2. The number of ether oxygens (including phenoxy) is 1. The molecule has 4 aromatic rings. The van der Waals surface area contributed by atoms with E-state index in [0.717, 1.165) is 0 Å². The second kappa shape index (κ2) is 9.12. The monoisotopic (exact) mass is 451 g/mol. The van der Waals surface area contributed by atoms with Crippen molar-refractivity contribution in [3.8, 4) is 17.1 Å². The van der Waals surface area contributed by atoms with Gasteiger partial charge in [-0.15, -0.1) is 5.10 Å². The zero-order valence-corrected chi connectivity index (χ0v) is 17.5. The van der Waals surface area contributed by atoms with Crippen LogP contribution in [0.15, 0.2) is 78.9 Å². The molecule has 6 nitrogen and oxygen atoms in total. The molecule has 0 aliphatic heterocycles. The molecule has 0 unspecified atom stereocenters. The van der Waals surface area contributed by atoms with E-state index in [9.17, 15) is 9.59 Å². The lowest BCUT2D eigenvalue weighted by Gasteiger charge is -2.06. The van der Waals surface area contributed by atoms with Gasteiger partial charge in [0.15, 0.2) is 18.2 Å². The zero-order valence-electron chi connectivity index (χ0n) is 16.0. The van der Waals surface area contributed by atoms with Crippen LogP contribution in [0.3, 0.4) is 0 Å². The Kier molecular flexibility index (Phi) is 6.11. The summed E-state index contributed by atoms with van der Waals surface area (Å²) in [6, 6.07) is 22.5. The van der Waals surface area contributed by atoms with E-state index in [0.29, 0.717) is 32.7 Å². The van der Waals surface area contributed by atoms with Crippen molar-refractivity contribution in [1.82, 2.24) is 14.8 Å². The van der Waals surface area contributed by atoms with Crippen molar-refractivity contribution in [2.24, 2.45) is 0 Å². The number of nitrogens with zero attached hydrogens (tertiary/aromatic N) is 3. The molecule has 0 N–H and O–H groups in total. The van der Waals surface area contributed by atoms with E-state index in [2.05, 4.69) is 10.1 Å². The molecule has 0 aliphatic carbocycles. The maximum absolute atomic E-state index is 12.6. The maximum atomic E-state index is 12.6. The average molecular weight is 452 g/mol. The molecule has 31 heavy (non-hydrogen) atoms. The number of aromatic nitrogens is 3. The summed E-state index contributed by atoms with van der Waals surface area (Å²) in [6.45, 7) is -0.408. The van der Waals surface area contributed by atoms with Crippen LogP contribution in [0, 0.1) is 0 Å². The van der Waals surface area contributed by atoms with E-state index in [1.807, 2.05) is 0 Å². The number of halogens is 2. The number of carbonyl (C=O) groups excluding carboxylic acids is 2. The lowest BCUT2D eigenvalue weighted by atomic mass is 10.1. The van der Waals surface area contributed by atoms with Gasteiger partial charge in [-0.25, -0.2) is 14.5 Å². The summed E-state index contributed by atoms with van der Waals surface area (Å²) in [4.78, 5) is 29.1. The Morgan fingerprint density at radius 3 is 2.10 bits per heavy atom. The molecule has 4 rings (SSSR count). The Bertz CT molecular complexity index is 1160. The van der Waals surface area contributed by atoms with Crippen LogP contribution in [0.2, 0.25) is 10.0 Å². The van der Waals surface area contributed by atoms with Gasteiger partial charge in [-0.1, -0.05) is 53.5 Å². The summed E-state index contributed by atoms with van der Waals surface area (Å²) < 4.78 is 6.66. The van der Waals surface area contributed by atoms with E-state index in [-0.39, 0.29) is 11.6 Å². The summed E-state index contributed by atoms with van der Waals surface area (Å²) in [5, 5.41) is 5.44. The highest BCUT2D eigenvalue weighted by molar-refractivity contribution is 6.30. The number of Topliss-reactive ketones (excluding diaryl/α,β-unsaturated/α-hetero) is 1. The number of esters is 1. The van der Waals surface area contributed by atoms with Crippen LogP contribution >= 0.6 is 23.2 Å². The first kappa shape index (κ1) is 20.8. The van der Waals surface area contributed by atoms with Crippen LogP contribution in [0.1, 0.15) is 21.0 Å². The first-order valence-corrected chi connectivity index (χ1v) is 10.0. The minimum atomic E-state index is -0.799. The van der Waals surface area contributed by atoms with E-state index in [1.165, 1.54) is 4.68 Å². The normalized spacial score (nSPS) is 10.6. The van der Waals surface area contributed by atoms with Crippen molar-refractivity contribution < 1.29 is 14.3 Å². The molecule has 3 aromatic carbocycles. The first-order chi connectivity index (χ1) is 15.0. The molecule has 0 fully saturated rings. The molecule has 154 valence electrons. The second-order valence-electron chi connectivity index (χ2n) is 6.52. The van der Waals surface area contributed by atoms with Crippen LogP contribution in [0.5, 0.6) is 0 Å². The highest BCUT2D eigenvalue weighted by Crippen LogP contribution is 2.24. The highest BCUT2D eigenvalue weighted by Gasteiger charge is 2.21. The minimum absolute atomic E-state index is 0.166. The molecule has 0 spiro atoms. The Hall–Kier alpha value is -3.48. The van der Waals surface area contributed by atoms with E-state index >= 15 is 0 Å². The van der Waals surface area contributed by atoms with E-state index in [4.69, 9.17) is 27.9 Å². The third kappa shape index (κ3) is 4.82.